The number of aromatic nitrogens is 3. The molecule has 9 heteroatoms. The molecule has 2 heterocycles. The molecule has 0 aliphatic heterocycles. The van der Waals surface area contributed by atoms with E-state index in [1.54, 1.807) is 81.8 Å². The minimum atomic E-state index is -0.654. The molecule has 0 aliphatic rings. The Balaban J connectivity index is 1.43. The topological polar surface area (TPSA) is 92.4 Å². The molecule has 208 valence electrons. The highest BCUT2D eigenvalue weighted by Crippen LogP contribution is 2.32. The molecule has 0 spiro atoms. The maximum Gasteiger partial charge on any atom is 0.282 e. The van der Waals surface area contributed by atoms with Crippen LogP contribution in [0.25, 0.3) is 16.6 Å². The quantitative estimate of drug-likeness (QED) is 0.202. The van der Waals surface area contributed by atoms with E-state index >= 15 is 4.39 Å². The van der Waals surface area contributed by atoms with Gasteiger partial charge in [-0.05, 0) is 55.0 Å². The van der Waals surface area contributed by atoms with Crippen LogP contribution in [0.5, 0.6) is 17.2 Å². The molecule has 0 N–H and O–H groups in total. The maximum absolute atomic E-state index is 15.2. The molecular formula is C32H28FN3O5. The second kappa shape index (κ2) is 11.6. The van der Waals surface area contributed by atoms with E-state index in [0.717, 1.165) is 0 Å². The van der Waals surface area contributed by atoms with Crippen molar-refractivity contribution >= 4 is 22.5 Å². The first-order valence-corrected chi connectivity index (χ1v) is 13.1. The number of ketones is 2. The summed E-state index contributed by atoms with van der Waals surface area (Å²) in [4.78, 5) is 43.5. The zero-order valence-corrected chi connectivity index (χ0v) is 22.9. The number of hydrogen-bond donors (Lipinski definition) is 0. The number of pyridine rings is 1. The standard InChI is InChI=1S/C32H28FN3O5/c1-4-23(37)19-35-20(2)31(32(39)36(35)22-8-6-5-7-9-22)28(38)17-21-10-13-30(26(33)16-21)41-29-14-15-34-27-18-24(40-3)11-12-25(27)29/h5-16,18H,4,17,19H2,1-3H3. The van der Waals surface area contributed by atoms with Crippen LogP contribution >= 0.6 is 0 Å². The summed E-state index contributed by atoms with van der Waals surface area (Å²) in [6.07, 6.45) is 1.65. The van der Waals surface area contributed by atoms with Crippen LogP contribution in [-0.2, 0) is 17.8 Å². The van der Waals surface area contributed by atoms with Crippen molar-refractivity contribution < 1.29 is 23.5 Å². The molecular weight excluding hydrogens is 525 g/mol. The summed E-state index contributed by atoms with van der Waals surface area (Å²) >= 11 is 0. The van der Waals surface area contributed by atoms with Gasteiger partial charge >= 0.3 is 0 Å². The van der Waals surface area contributed by atoms with E-state index in [0.29, 0.717) is 45.8 Å². The van der Waals surface area contributed by atoms with E-state index in [1.165, 1.54) is 21.5 Å². The van der Waals surface area contributed by atoms with Gasteiger partial charge in [-0.3, -0.25) is 24.0 Å². The largest absolute Gasteiger partial charge is 0.497 e. The van der Waals surface area contributed by atoms with Crippen LogP contribution in [0.1, 0.15) is 35.0 Å². The highest BCUT2D eigenvalue weighted by Gasteiger charge is 2.25. The summed E-state index contributed by atoms with van der Waals surface area (Å²) in [7, 11) is 1.56. The number of carbonyl (C=O) groups is 2. The van der Waals surface area contributed by atoms with Crippen LogP contribution in [0.3, 0.4) is 0 Å². The molecule has 0 radical (unpaired) electrons. The molecule has 5 aromatic rings. The fraction of sp³-hybridized carbons (Fsp3) is 0.188. The van der Waals surface area contributed by atoms with Gasteiger partial charge in [-0.1, -0.05) is 31.2 Å². The second-order valence-corrected chi connectivity index (χ2v) is 9.52. The Morgan fingerprint density at radius 3 is 2.46 bits per heavy atom. The zero-order valence-electron chi connectivity index (χ0n) is 22.9. The molecule has 0 aliphatic carbocycles. The van der Waals surface area contributed by atoms with E-state index in [9.17, 15) is 14.4 Å². The number of hydrogen-bond acceptors (Lipinski definition) is 6. The number of Topliss-reactive ketones (excluding diaryl/α,β-unsaturated/α-hetero) is 2. The summed E-state index contributed by atoms with van der Waals surface area (Å²) in [5, 5.41) is 0.684. The van der Waals surface area contributed by atoms with Crippen molar-refractivity contribution in [2.75, 3.05) is 7.11 Å². The van der Waals surface area contributed by atoms with Crippen LogP contribution in [0, 0.1) is 12.7 Å². The minimum absolute atomic E-state index is 0.0173. The van der Waals surface area contributed by atoms with Crippen molar-refractivity contribution in [2.45, 2.75) is 33.2 Å². The van der Waals surface area contributed by atoms with Gasteiger partial charge in [0.2, 0.25) is 0 Å². The summed E-state index contributed by atoms with van der Waals surface area (Å²) in [6.45, 7) is 3.34. The van der Waals surface area contributed by atoms with Crippen molar-refractivity contribution in [3.8, 4) is 22.9 Å². The average molecular weight is 554 g/mol. The number of benzene rings is 3. The van der Waals surface area contributed by atoms with Crippen molar-refractivity contribution in [2.24, 2.45) is 0 Å². The Bertz CT molecular complexity index is 1830. The van der Waals surface area contributed by atoms with Crippen LogP contribution in [0.15, 0.2) is 83.8 Å². The lowest BCUT2D eigenvalue weighted by molar-refractivity contribution is -0.119. The number of para-hydroxylation sites is 1. The smallest absolute Gasteiger partial charge is 0.282 e. The zero-order chi connectivity index (χ0) is 29.1. The van der Waals surface area contributed by atoms with E-state index in [4.69, 9.17) is 9.47 Å². The van der Waals surface area contributed by atoms with Gasteiger partial charge in [-0.15, -0.1) is 0 Å². The van der Waals surface area contributed by atoms with E-state index < -0.39 is 17.2 Å². The fourth-order valence-electron chi connectivity index (χ4n) is 4.71. The van der Waals surface area contributed by atoms with Crippen molar-refractivity contribution in [1.29, 1.82) is 0 Å². The first-order chi connectivity index (χ1) is 19.8. The Morgan fingerprint density at radius 2 is 1.76 bits per heavy atom. The third-order valence-corrected chi connectivity index (χ3v) is 6.89. The number of methoxy groups -OCH3 is 1. The van der Waals surface area contributed by atoms with Crippen LogP contribution < -0.4 is 15.0 Å². The predicted molar refractivity (Wildman–Crippen MR) is 153 cm³/mol. The first-order valence-electron chi connectivity index (χ1n) is 13.1. The number of halogens is 1. The summed E-state index contributed by atoms with van der Waals surface area (Å²) in [5.74, 6) is -0.164. The van der Waals surface area contributed by atoms with Gasteiger partial charge in [0.1, 0.15) is 17.1 Å². The molecule has 0 amide bonds. The van der Waals surface area contributed by atoms with Crippen LogP contribution in [-0.4, -0.2) is 33.0 Å². The molecule has 0 bridgehead atoms. The molecule has 5 rings (SSSR count). The van der Waals surface area contributed by atoms with E-state index in [-0.39, 0.29) is 30.1 Å². The molecule has 41 heavy (non-hydrogen) atoms. The molecule has 8 nitrogen and oxygen atoms in total. The van der Waals surface area contributed by atoms with Crippen molar-refractivity contribution in [3.05, 3.63) is 112 Å². The average Bonchev–Trinajstić information content (AvgIpc) is 3.22. The number of rotatable bonds is 10. The maximum atomic E-state index is 15.2. The van der Waals surface area contributed by atoms with Gasteiger partial charge in [-0.25, -0.2) is 9.07 Å². The predicted octanol–water partition coefficient (Wildman–Crippen LogP) is 5.84. The number of ether oxygens (including phenoxy) is 2. The summed E-state index contributed by atoms with van der Waals surface area (Å²) in [6, 6.07) is 20.0. The summed E-state index contributed by atoms with van der Waals surface area (Å²) in [5.41, 5.74) is 1.38. The SMILES string of the molecule is CCC(=O)Cn1c(C)c(C(=O)Cc2ccc(Oc3ccnc4cc(OC)ccc34)c(F)c2)c(=O)n1-c1ccccc1. The fourth-order valence-corrected chi connectivity index (χ4v) is 4.71. The normalized spacial score (nSPS) is 11.0. The van der Waals surface area contributed by atoms with Gasteiger partial charge in [0.25, 0.3) is 5.56 Å². The van der Waals surface area contributed by atoms with Gasteiger partial charge in [0.05, 0.1) is 24.9 Å². The monoisotopic (exact) mass is 553 g/mol. The highest BCUT2D eigenvalue weighted by atomic mass is 19.1. The lowest BCUT2D eigenvalue weighted by Crippen LogP contribution is -2.26. The van der Waals surface area contributed by atoms with Crippen LogP contribution in [0.2, 0.25) is 0 Å². The number of fused-ring (bicyclic) bond motifs is 1. The van der Waals surface area contributed by atoms with Crippen LogP contribution in [0.4, 0.5) is 4.39 Å². The Kier molecular flexibility index (Phi) is 7.78. The molecule has 0 fully saturated rings. The first kappa shape index (κ1) is 27.5. The third-order valence-electron chi connectivity index (χ3n) is 6.89. The molecule has 3 aromatic carbocycles. The van der Waals surface area contributed by atoms with E-state index in [2.05, 4.69) is 4.98 Å². The van der Waals surface area contributed by atoms with Crippen molar-refractivity contribution in [1.82, 2.24) is 14.3 Å². The Morgan fingerprint density at radius 1 is 0.976 bits per heavy atom. The van der Waals surface area contributed by atoms with Gasteiger partial charge in [0.15, 0.2) is 23.1 Å². The van der Waals surface area contributed by atoms with Crippen molar-refractivity contribution in [3.63, 3.8) is 0 Å². The Labute approximate surface area is 235 Å². The lowest BCUT2D eigenvalue weighted by Gasteiger charge is -2.12. The Hall–Kier alpha value is -5.05. The van der Waals surface area contributed by atoms with Gasteiger partial charge in [-0.2, -0.15) is 0 Å². The summed E-state index contributed by atoms with van der Waals surface area (Å²) < 4.78 is 29.1. The van der Waals surface area contributed by atoms with E-state index in [1.807, 2.05) is 6.07 Å². The minimum Gasteiger partial charge on any atom is -0.497 e. The second-order valence-electron chi connectivity index (χ2n) is 9.52. The number of nitrogens with zero attached hydrogens (tertiary/aromatic N) is 3. The van der Waals surface area contributed by atoms with Gasteiger partial charge < -0.3 is 9.47 Å². The molecule has 0 saturated heterocycles. The molecule has 0 atom stereocenters. The molecule has 0 saturated carbocycles. The lowest BCUT2D eigenvalue weighted by atomic mass is 10.0. The number of carbonyl (C=O) groups excluding carboxylic acids is 2. The molecule has 2 aromatic heterocycles. The third kappa shape index (κ3) is 5.51. The molecule has 0 unspecified atom stereocenters. The van der Waals surface area contributed by atoms with Gasteiger partial charge in [0, 0.05) is 36.2 Å². The highest BCUT2D eigenvalue weighted by molar-refractivity contribution is 5.98.